The van der Waals surface area contributed by atoms with Crippen LogP contribution in [-0.2, 0) is 17.8 Å². The molecule has 3 nitrogen and oxygen atoms in total. The van der Waals surface area contributed by atoms with E-state index in [0.29, 0.717) is 6.42 Å². The maximum Gasteiger partial charge on any atom is 0.224 e. The van der Waals surface area contributed by atoms with Crippen molar-refractivity contribution >= 4 is 11.6 Å². The summed E-state index contributed by atoms with van der Waals surface area (Å²) in [6.07, 6.45) is 3.30. The zero-order valence-electron chi connectivity index (χ0n) is 11.2. The van der Waals surface area contributed by atoms with Crippen molar-refractivity contribution in [3.05, 3.63) is 60.4 Å². The number of benzene rings is 1. The number of hydrogen-bond donors (Lipinski definition) is 1. The second kappa shape index (κ2) is 6.69. The molecule has 0 aliphatic heterocycles. The number of pyridine rings is 1. The van der Waals surface area contributed by atoms with Gasteiger partial charge in [-0.1, -0.05) is 24.3 Å². The molecule has 0 spiro atoms. The summed E-state index contributed by atoms with van der Waals surface area (Å²) in [5.41, 5.74) is 2.04. The van der Waals surface area contributed by atoms with Crippen LogP contribution >= 0.6 is 0 Å². The number of amides is 1. The summed E-state index contributed by atoms with van der Waals surface area (Å²) >= 11 is 0. The van der Waals surface area contributed by atoms with Gasteiger partial charge in [-0.2, -0.15) is 0 Å². The Kier molecular flexibility index (Phi) is 4.67. The topological polar surface area (TPSA) is 33.0 Å². The van der Waals surface area contributed by atoms with Crippen LogP contribution < -0.4 is 9.88 Å². The van der Waals surface area contributed by atoms with Gasteiger partial charge in [0.1, 0.15) is 6.54 Å². The van der Waals surface area contributed by atoms with Crippen molar-refractivity contribution in [1.29, 1.82) is 0 Å². The number of nitrogens with zero attached hydrogens (tertiary/aromatic N) is 1. The Bertz CT molecular complexity index is 537. The molecule has 1 N–H and O–H groups in total. The van der Waals surface area contributed by atoms with Crippen LogP contribution in [0.25, 0.3) is 0 Å². The van der Waals surface area contributed by atoms with Crippen LogP contribution in [-0.4, -0.2) is 5.91 Å². The summed E-state index contributed by atoms with van der Waals surface area (Å²) in [5, 5.41) is 2.90. The van der Waals surface area contributed by atoms with Gasteiger partial charge in [0.2, 0.25) is 5.91 Å². The van der Waals surface area contributed by atoms with Crippen LogP contribution in [0.4, 0.5) is 5.69 Å². The Morgan fingerprint density at radius 3 is 2.58 bits per heavy atom. The van der Waals surface area contributed by atoms with Gasteiger partial charge in [0.15, 0.2) is 11.9 Å². The number of para-hydroxylation sites is 1. The molecule has 1 aromatic heterocycles. The van der Waals surface area contributed by atoms with E-state index in [1.54, 1.807) is 0 Å². The van der Waals surface area contributed by atoms with Crippen molar-refractivity contribution in [2.45, 2.75) is 26.3 Å². The summed E-state index contributed by atoms with van der Waals surface area (Å²) < 4.78 is 2.16. The van der Waals surface area contributed by atoms with E-state index in [4.69, 9.17) is 0 Å². The fourth-order valence-corrected chi connectivity index (χ4v) is 2.03. The van der Waals surface area contributed by atoms with E-state index in [1.165, 1.54) is 5.69 Å². The highest BCUT2D eigenvalue weighted by molar-refractivity contribution is 5.90. The molecule has 1 heterocycles. The normalized spacial score (nSPS) is 10.2. The fourth-order valence-electron chi connectivity index (χ4n) is 2.03. The first-order valence-electron chi connectivity index (χ1n) is 6.62. The van der Waals surface area contributed by atoms with E-state index in [-0.39, 0.29) is 5.91 Å². The molecule has 0 bridgehead atoms. The zero-order chi connectivity index (χ0) is 13.5. The highest BCUT2D eigenvalue weighted by atomic mass is 16.1. The molecule has 0 aliphatic rings. The zero-order valence-corrected chi connectivity index (χ0v) is 11.2. The minimum atomic E-state index is 0.0534. The predicted molar refractivity (Wildman–Crippen MR) is 75.7 cm³/mol. The maximum atomic E-state index is 11.9. The van der Waals surface area contributed by atoms with Crippen LogP contribution in [0.15, 0.2) is 54.7 Å². The first-order valence-corrected chi connectivity index (χ1v) is 6.62. The summed E-state index contributed by atoms with van der Waals surface area (Å²) in [6.45, 7) is 3.03. The third-order valence-electron chi connectivity index (χ3n) is 3.04. The molecule has 0 aliphatic carbocycles. The van der Waals surface area contributed by atoms with Gasteiger partial charge in [-0.25, -0.2) is 4.57 Å². The van der Waals surface area contributed by atoms with Crippen LogP contribution in [0.2, 0.25) is 0 Å². The molecule has 0 fully saturated rings. The highest BCUT2D eigenvalue weighted by Crippen LogP contribution is 2.06. The number of nitrogens with one attached hydrogen (secondary N) is 1. The van der Waals surface area contributed by atoms with Crippen molar-refractivity contribution < 1.29 is 9.36 Å². The lowest BCUT2D eigenvalue weighted by Crippen LogP contribution is -2.37. The van der Waals surface area contributed by atoms with Gasteiger partial charge in [0.25, 0.3) is 0 Å². The first kappa shape index (κ1) is 13.3. The second-order valence-electron chi connectivity index (χ2n) is 4.39. The summed E-state index contributed by atoms with van der Waals surface area (Å²) in [6, 6.07) is 15.6. The number of aryl methyl sites for hydroxylation is 2. The molecule has 3 heteroatoms. The van der Waals surface area contributed by atoms with E-state index in [9.17, 15) is 4.79 Å². The molecule has 0 saturated heterocycles. The molecule has 1 amide bonds. The van der Waals surface area contributed by atoms with Gasteiger partial charge >= 0.3 is 0 Å². The number of rotatable bonds is 5. The van der Waals surface area contributed by atoms with Crippen molar-refractivity contribution in [3.8, 4) is 0 Å². The highest BCUT2D eigenvalue weighted by Gasteiger charge is 2.10. The van der Waals surface area contributed by atoms with Gasteiger partial charge in [-0.3, -0.25) is 4.79 Å². The smallest absolute Gasteiger partial charge is 0.224 e. The second-order valence-corrected chi connectivity index (χ2v) is 4.39. The maximum absolute atomic E-state index is 11.9. The summed E-state index contributed by atoms with van der Waals surface area (Å²) in [4.78, 5) is 11.9. The molecular weight excluding hydrogens is 236 g/mol. The summed E-state index contributed by atoms with van der Waals surface area (Å²) in [5.74, 6) is 0.0534. The average Bonchev–Trinajstić information content (AvgIpc) is 2.46. The molecule has 0 atom stereocenters. The number of aromatic nitrogens is 1. The van der Waals surface area contributed by atoms with Gasteiger partial charge in [-0.15, -0.1) is 0 Å². The summed E-state index contributed by atoms with van der Waals surface area (Å²) in [7, 11) is 0. The Balaban J connectivity index is 1.90. The molecule has 0 unspecified atom stereocenters. The Hall–Kier alpha value is -2.16. The van der Waals surface area contributed by atoms with Crippen molar-refractivity contribution in [3.63, 3.8) is 0 Å². The molecular formula is C16H19N2O+. The van der Waals surface area contributed by atoms with E-state index < -0.39 is 0 Å². The molecule has 1 aromatic carbocycles. The van der Waals surface area contributed by atoms with Gasteiger partial charge < -0.3 is 5.32 Å². The molecule has 19 heavy (non-hydrogen) atoms. The quantitative estimate of drug-likeness (QED) is 0.818. The standard InChI is InChI=1S/C16H18N2O/c1-2-18-13-7-6-10-15(18)11-12-16(19)17-14-8-4-3-5-9-14/h3-10,13H,2,11-12H2,1H3/p+1. The lowest BCUT2D eigenvalue weighted by atomic mass is 10.2. The Morgan fingerprint density at radius 2 is 1.84 bits per heavy atom. The number of carbonyl (C=O) groups is 1. The minimum absolute atomic E-state index is 0.0534. The van der Waals surface area contributed by atoms with Crippen LogP contribution in [0.3, 0.4) is 0 Å². The van der Waals surface area contributed by atoms with Crippen LogP contribution in [0, 0.1) is 0 Å². The number of carbonyl (C=O) groups excluding carboxylic acids is 1. The minimum Gasteiger partial charge on any atom is -0.326 e. The third-order valence-corrected chi connectivity index (χ3v) is 3.04. The predicted octanol–water partition coefficient (Wildman–Crippen LogP) is 2.57. The van der Waals surface area contributed by atoms with E-state index in [1.807, 2.05) is 48.7 Å². The lowest BCUT2D eigenvalue weighted by molar-refractivity contribution is -0.700. The van der Waals surface area contributed by atoms with Gasteiger partial charge in [-0.05, 0) is 19.1 Å². The van der Waals surface area contributed by atoms with E-state index in [0.717, 1.165) is 18.7 Å². The SMILES string of the molecule is CC[n+]1ccccc1CCC(=O)Nc1ccccc1. The number of hydrogen-bond acceptors (Lipinski definition) is 1. The Morgan fingerprint density at radius 1 is 1.11 bits per heavy atom. The molecule has 98 valence electrons. The lowest BCUT2D eigenvalue weighted by Gasteiger charge is -2.04. The molecule has 0 saturated carbocycles. The van der Waals surface area contributed by atoms with E-state index >= 15 is 0 Å². The third kappa shape index (κ3) is 3.91. The van der Waals surface area contributed by atoms with Crippen molar-refractivity contribution in [2.75, 3.05) is 5.32 Å². The van der Waals surface area contributed by atoms with Crippen LogP contribution in [0.1, 0.15) is 19.0 Å². The first-order chi connectivity index (χ1) is 9.29. The largest absolute Gasteiger partial charge is 0.326 e. The monoisotopic (exact) mass is 255 g/mol. The van der Waals surface area contributed by atoms with Gasteiger partial charge in [0, 0.05) is 30.7 Å². The Labute approximate surface area is 113 Å². The van der Waals surface area contributed by atoms with Crippen LogP contribution in [0.5, 0.6) is 0 Å². The molecule has 0 radical (unpaired) electrons. The van der Waals surface area contributed by atoms with E-state index in [2.05, 4.69) is 22.9 Å². The fraction of sp³-hybridized carbons (Fsp3) is 0.250. The molecule has 2 rings (SSSR count). The van der Waals surface area contributed by atoms with Crippen molar-refractivity contribution in [2.24, 2.45) is 0 Å². The number of anilines is 1. The average molecular weight is 255 g/mol. The van der Waals surface area contributed by atoms with Gasteiger partial charge in [0.05, 0.1) is 0 Å². The molecule has 2 aromatic rings. The van der Waals surface area contributed by atoms with Crippen molar-refractivity contribution in [1.82, 2.24) is 0 Å².